The number of carbonyl (C=O) groups excluding carboxylic acids is 2. The van der Waals surface area contributed by atoms with Crippen LogP contribution in [0.3, 0.4) is 0 Å². The highest BCUT2D eigenvalue weighted by molar-refractivity contribution is 5.70. The van der Waals surface area contributed by atoms with Crippen molar-refractivity contribution in [2.75, 3.05) is 19.8 Å². The van der Waals surface area contributed by atoms with Gasteiger partial charge in [0.05, 0.1) is 6.61 Å². The van der Waals surface area contributed by atoms with Gasteiger partial charge in [-0.2, -0.15) is 0 Å². The van der Waals surface area contributed by atoms with Crippen LogP contribution in [-0.4, -0.2) is 37.9 Å². The van der Waals surface area contributed by atoms with Crippen molar-refractivity contribution in [2.24, 2.45) is 0 Å². The van der Waals surface area contributed by atoms with E-state index in [1.165, 1.54) is 167 Å². The smallest absolute Gasteiger partial charge is 0.306 e. The Hall–Kier alpha value is -1.62. The molecule has 0 fully saturated rings. The predicted octanol–water partition coefficient (Wildman–Crippen LogP) is 15.7. The van der Waals surface area contributed by atoms with Crippen LogP contribution in [0.4, 0.5) is 0 Å². The minimum atomic E-state index is -0.528. The van der Waals surface area contributed by atoms with Crippen molar-refractivity contribution in [3.63, 3.8) is 0 Å². The zero-order chi connectivity index (χ0) is 39.3. The van der Waals surface area contributed by atoms with Gasteiger partial charge in [0.1, 0.15) is 6.61 Å². The molecule has 0 aliphatic heterocycles. The van der Waals surface area contributed by atoms with Crippen LogP contribution in [0.1, 0.15) is 252 Å². The van der Waals surface area contributed by atoms with E-state index in [0.717, 1.165) is 51.4 Å². The maximum Gasteiger partial charge on any atom is 0.306 e. The van der Waals surface area contributed by atoms with Crippen LogP contribution in [-0.2, 0) is 23.8 Å². The van der Waals surface area contributed by atoms with Crippen LogP contribution in [0.15, 0.2) is 24.3 Å². The van der Waals surface area contributed by atoms with E-state index in [9.17, 15) is 9.59 Å². The number of esters is 2. The molecule has 5 heteroatoms. The summed E-state index contributed by atoms with van der Waals surface area (Å²) in [4.78, 5) is 25.0. The first-order valence-electron chi connectivity index (χ1n) is 23.9. The van der Waals surface area contributed by atoms with E-state index in [1.807, 2.05) is 0 Å². The molecule has 0 aliphatic carbocycles. The summed E-state index contributed by atoms with van der Waals surface area (Å²) in [5.74, 6) is -0.400. The molecule has 1 atom stereocenters. The molecule has 318 valence electrons. The molecule has 0 aliphatic rings. The Morgan fingerprint density at radius 2 is 0.778 bits per heavy atom. The van der Waals surface area contributed by atoms with Crippen molar-refractivity contribution < 1.29 is 23.8 Å². The minimum absolute atomic E-state index is 0.0884. The highest BCUT2D eigenvalue weighted by Gasteiger charge is 2.17. The fraction of sp³-hybridized carbons (Fsp3) is 0.878. The molecule has 0 amide bonds. The average Bonchev–Trinajstić information content (AvgIpc) is 3.17. The first-order valence-corrected chi connectivity index (χ1v) is 23.9. The van der Waals surface area contributed by atoms with Crippen molar-refractivity contribution in [2.45, 2.75) is 258 Å². The molecule has 0 bridgehead atoms. The molecule has 0 aromatic heterocycles. The summed E-state index contributed by atoms with van der Waals surface area (Å²) in [6.45, 7) is 7.76. The largest absolute Gasteiger partial charge is 0.462 e. The molecule has 0 N–H and O–H groups in total. The third-order valence-electron chi connectivity index (χ3n) is 10.5. The van der Waals surface area contributed by atoms with Crippen molar-refractivity contribution >= 4 is 11.9 Å². The Morgan fingerprint density at radius 3 is 1.26 bits per heavy atom. The summed E-state index contributed by atoms with van der Waals surface area (Å²) in [6, 6.07) is 0. The monoisotopic (exact) mass is 761 g/mol. The van der Waals surface area contributed by atoms with Crippen LogP contribution >= 0.6 is 0 Å². The van der Waals surface area contributed by atoms with Crippen LogP contribution in [0, 0.1) is 0 Å². The maximum atomic E-state index is 12.5. The lowest BCUT2D eigenvalue weighted by Crippen LogP contribution is -2.30. The van der Waals surface area contributed by atoms with E-state index in [2.05, 4.69) is 45.1 Å². The number of hydrogen-bond acceptors (Lipinski definition) is 5. The van der Waals surface area contributed by atoms with E-state index in [0.29, 0.717) is 19.4 Å². The molecule has 5 nitrogen and oxygen atoms in total. The zero-order valence-electron chi connectivity index (χ0n) is 36.5. The number of allylic oxidation sites excluding steroid dienone is 4. The van der Waals surface area contributed by atoms with E-state index in [-0.39, 0.29) is 25.2 Å². The van der Waals surface area contributed by atoms with Crippen molar-refractivity contribution in [3.05, 3.63) is 24.3 Å². The second-order valence-corrected chi connectivity index (χ2v) is 16.0. The molecule has 0 aromatic carbocycles. The maximum absolute atomic E-state index is 12.5. The van der Waals surface area contributed by atoms with Crippen LogP contribution in [0.2, 0.25) is 0 Å². The van der Waals surface area contributed by atoms with E-state index in [1.54, 1.807) is 0 Å². The van der Waals surface area contributed by atoms with E-state index < -0.39 is 6.10 Å². The highest BCUT2D eigenvalue weighted by atomic mass is 16.6. The standard InChI is InChI=1S/C49H92O5/c1-4-7-10-13-15-17-19-21-23-24-25-27-29-31-33-35-38-41-44-52-45-47(54-49(51)43-40-36-12-9-6-3)46-53-48(50)42-39-37-34-32-30-28-26-22-20-18-16-14-11-8-5-2/h15,17,21,23,47H,4-14,16,18-20,22,24-46H2,1-3H3/b17-15-,23-21-. The fourth-order valence-corrected chi connectivity index (χ4v) is 6.89. The van der Waals surface area contributed by atoms with Gasteiger partial charge < -0.3 is 14.2 Å². The molecule has 0 saturated carbocycles. The lowest BCUT2D eigenvalue weighted by atomic mass is 10.0. The summed E-state index contributed by atoms with van der Waals surface area (Å²) in [6.07, 6.45) is 52.0. The fourth-order valence-electron chi connectivity index (χ4n) is 6.89. The van der Waals surface area contributed by atoms with Gasteiger partial charge in [-0.15, -0.1) is 0 Å². The van der Waals surface area contributed by atoms with Gasteiger partial charge in [-0.25, -0.2) is 0 Å². The van der Waals surface area contributed by atoms with Gasteiger partial charge in [0, 0.05) is 19.4 Å². The quantitative estimate of drug-likeness (QED) is 0.0352. The Bertz CT molecular complexity index is 821. The lowest BCUT2D eigenvalue weighted by molar-refractivity contribution is -0.163. The number of carbonyl (C=O) groups is 2. The molecular formula is C49H92O5. The van der Waals surface area contributed by atoms with Crippen molar-refractivity contribution in [3.8, 4) is 0 Å². The third kappa shape index (κ3) is 43.1. The molecule has 0 saturated heterocycles. The summed E-state index contributed by atoms with van der Waals surface area (Å²) in [5.41, 5.74) is 0. The second kappa shape index (κ2) is 45.8. The van der Waals surface area contributed by atoms with Gasteiger partial charge in [0.15, 0.2) is 6.10 Å². The van der Waals surface area contributed by atoms with Gasteiger partial charge in [-0.3, -0.25) is 9.59 Å². The normalized spacial score (nSPS) is 12.3. The number of unbranched alkanes of at least 4 members (excludes halogenated alkanes) is 29. The number of rotatable bonds is 44. The van der Waals surface area contributed by atoms with E-state index in [4.69, 9.17) is 14.2 Å². The Balaban J connectivity index is 4.01. The molecule has 0 radical (unpaired) electrons. The van der Waals surface area contributed by atoms with E-state index >= 15 is 0 Å². The molecule has 0 aromatic rings. The molecule has 0 heterocycles. The highest BCUT2D eigenvalue weighted by Crippen LogP contribution is 2.15. The Kier molecular flexibility index (Phi) is 44.4. The van der Waals surface area contributed by atoms with Crippen molar-refractivity contribution in [1.29, 1.82) is 0 Å². The third-order valence-corrected chi connectivity index (χ3v) is 10.5. The summed E-state index contributed by atoms with van der Waals surface area (Å²) >= 11 is 0. The summed E-state index contributed by atoms with van der Waals surface area (Å²) in [7, 11) is 0. The molecule has 0 rings (SSSR count). The summed E-state index contributed by atoms with van der Waals surface area (Å²) in [5, 5.41) is 0. The van der Waals surface area contributed by atoms with Crippen LogP contribution in [0.25, 0.3) is 0 Å². The lowest BCUT2D eigenvalue weighted by Gasteiger charge is -2.18. The predicted molar refractivity (Wildman–Crippen MR) is 233 cm³/mol. The first kappa shape index (κ1) is 52.4. The molecule has 54 heavy (non-hydrogen) atoms. The van der Waals surface area contributed by atoms with Gasteiger partial charge in [0.25, 0.3) is 0 Å². The van der Waals surface area contributed by atoms with Crippen LogP contribution < -0.4 is 0 Å². The summed E-state index contributed by atoms with van der Waals surface area (Å²) < 4.78 is 17.2. The Morgan fingerprint density at radius 1 is 0.407 bits per heavy atom. The Labute approximate surface area is 337 Å². The molecule has 1 unspecified atom stereocenters. The minimum Gasteiger partial charge on any atom is -0.462 e. The van der Waals surface area contributed by atoms with Gasteiger partial charge in [0.2, 0.25) is 0 Å². The van der Waals surface area contributed by atoms with Crippen LogP contribution in [0.5, 0.6) is 0 Å². The van der Waals surface area contributed by atoms with Gasteiger partial charge in [-0.1, -0.05) is 212 Å². The SMILES string of the molecule is CCCCC/C=C\C/C=C\CCCCCCCCCCOCC(COC(=O)CCCCCCCCCCCCCCCCC)OC(=O)CCCCCCC. The second-order valence-electron chi connectivity index (χ2n) is 16.0. The van der Waals surface area contributed by atoms with Gasteiger partial charge in [-0.05, 0) is 51.4 Å². The number of ether oxygens (including phenoxy) is 3. The van der Waals surface area contributed by atoms with Crippen molar-refractivity contribution in [1.82, 2.24) is 0 Å². The zero-order valence-corrected chi connectivity index (χ0v) is 36.5. The first-order chi connectivity index (χ1) is 26.6. The average molecular weight is 761 g/mol. The van der Waals surface area contributed by atoms with Gasteiger partial charge >= 0.3 is 11.9 Å². The number of hydrogen-bond donors (Lipinski definition) is 0. The molecule has 0 spiro atoms. The topological polar surface area (TPSA) is 61.8 Å². The molecular weight excluding hydrogens is 669 g/mol.